The van der Waals surface area contributed by atoms with Crippen molar-refractivity contribution in [2.75, 3.05) is 17.7 Å². The summed E-state index contributed by atoms with van der Waals surface area (Å²) in [6.07, 6.45) is -2.20. The maximum atomic E-state index is 14.8. The Morgan fingerprint density at radius 2 is 1.96 bits per heavy atom. The number of alkyl halides is 3. The summed E-state index contributed by atoms with van der Waals surface area (Å²) >= 11 is 9.14. The number of nitrogens with zero attached hydrogens (tertiary/aromatic N) is 1. The molecule has 1 aliphatic heterocycles. The van der Waals surface area contributed by atoms with Gasteiger partial charge in [-0.15, -0.1) is 22.7 Å². The molecule has 0 unspecified atom stereocenters. The van der Waals surface area contributed by atoms with E-state index in [0.717, 1.165) is 41.0 Å². The number of nitrogens with one attached hydrogen (secondary N) is 2. The van der Waals surface area contributed by atoms with Gasteiger partial charge in [-0.05, 0) is 61.2 Å². The zero-order valence-corrected chi connectivity index (χ0v) is 27.4. The number of hydrogen-bond acceptors (Lipinski definition) is 10. The molecule has 0 radical (unpaired) electrons. The normalized spacial score (nSPS) is 21.2. The number of ketones is 1. The molecule has 0 saturated heterocycles. The number of benzene rings is 1. The summed E-state index contributed by atoms with van der Waals surface area (Å²) in [6, 6.07) is 10.6. The fourth-order valence-corrected chi connectivity index (χ4v) is 8.85. The zero-order chi connectivity index (χ0) is 33.2. The molecule has 0 saturated carbocycles. The Kier molecular flexibility index (Phi) is 10.2. The third kappa shape index (κ3) is 6.44. The number of amides is 1. The molecule has 15 heteroatoms. The van der Waals surface area contributed by atoms with Gasteiger partial charge in [0.2, 0.25) is 11.6 Å². The van der Waals surface area contributed by atoms with Gasteiger partial charge in [0, 0.05) is 15.8 Å². The van der Waals surface area contributed by atoms with Crippen LogP contribution in [0.1, 0.15) is 61.7 Å². The molecule has 3 atom stereocenters. The predicted molar refractivity (Wildman–Crippen MR) is 171 cm³/mol. The molecule has 0 fully saturated rings. The van der Waals surface area contributed by atoms with Crippen molar-refractivity contribution in [2.24, 2.45) is 5.92 Å². The molecule has 1 aromatic carbocycles. The SMILES string of the molecule is CCOC(=O)c1c(NC(=O)CSC2=C(C#N)[C@H](c3ccccc3Cl)[C@@H](C(=O)c3cccs3)[C@@](O)(C(F)(F)F)N2)sc2c1CCCC2. The van der Waals surface area contributed by atoms with E-state index in [0.29, 0.717) is 18.2 Å². The largest absolute Gasteiger partial charge is 0.462 e. The number of rotatable bonds is 9. The molecule has 3 heterocycles. The van der Waals surface area contributed by atoms with Crippen molar-refractivity contribution >= 4 is 68.7 Å². The summed E-state index contributed by atoms with van der Waals surface area (Å²) in [5.74, 6) is -6.62. The molecular weight excluding hydrogens is 683 g/mol. The first kappa shape index (κ1) is 34.0. The van der Waals surface area contributed by atoms with E-state index in [2.05, 4.69) is 5.32 Å². The first-order valence-electron chi connectivity index (χ1n) is 14.2. The topological polar surface area (TPSA) is 129 Å². The molecule has 1 aliphatic carbocycles. The van der Waals surface area contributed by atoms with Crippen molar-refractivity contribution in [3.63, 3.8) is 0 Å². The number of carbonyl (C=O) groups excluding carboxylic acids is 3. The van der Waals surface area contributed by atoms with Gasteiger partial charge in [-0.2, -0.15) is 18.4 Å². The van der Waals surface area contributed by atoms with Crippen LogP contribution in [-0.2, 0) is 22.4 Å². The van der Waals surface area contributed by atoms with Crippen LogP contribution < -0.4 is 10.6 Å². The van der Waals surface area contributed by atoms with Gasteiger partial charge >= 0.3 is 12.1 Å². The molecule has 0 spiro atoms. The van der Waals surface area contributed by atoms with Crippen molar-refractivity contribution in [2.45, 2.75) is 50.4 Å². The summed E-state index contributed by atoms with van der Waals surface area (Å²) in [6.45, 7) is 1.80. The average Bonchev–Trinajstić information content (AvgIpc) is 3.68. The van der Waals surface area contributed by atoms with Gasteiger partial charge in [-0.3, -0.25) is 9.59 Å². The Bertz CT molecular complexity index is 1730. The lowest BCUT2D eigenvalue weighted by Crippen LogP contribution is -2.66. The van der Waals surface area contributed by atoms with E-state index in [1.54, 1.807) is 13.0 Å². The second kappa shape index (κ2) is 13.8. The lowest BCUT2D eigenvalue weighted by Gasteiger charge is -2.45. The van der Waals surface area contributed by atoms with Crippen molar-refractivity contribution in [3.8, 4) is 6.07 Å². The lowest BCUT2D eigenvalue weighted by molar-refractivity contribution is -0.285. The fraction of sp³-hybridized carbons (Fsp3) is 0.355. The highest BCUT2D eigenvalue weighted by molar-refractivity contribution is 8.03. The summed E-state index contributed by atoms with van der Waals surface area (Å²) in [4.78, 5) is 40.6. The van der Waals surface area contributed by atoms with Crippen LogP contribution in [0.3, 0.4) is 0 Å². The van der Waals surface area contributed by atoms with Crippen LogP contribution in [0.4, 0.5) is 18.2 Å². The number of thiophene rings is 2. The monoisotopic (exact) mass is 709 g/mol. The van der Waals surface area contributed by atoms with E-state index < -0.39 is 52.2 Å². The second-order valence-electron chi connectivity index (χ2n) is 10.5. The Balaban J connectivity index is 1.52. The lowest BCUT2D eigenvalue weighted by atomic mass is 9.70. The molecule has 0 bridgehead atoms. The highest BCUT2D eigenvalue weighted by Crippen LogP contribution is 2.52. The Morgan fingerprint density at radius 1 is 1.22 bits per heavy atom. The number of ether oxygens (including phenoxy) is 1. The van der Waals surface area contributed by atoms with Gasteiger partial charge in [0.15, 0.2) is 5.78 Å². The van der Waals surface area contributed by atoms with Crippen molar-refractivity contribution in [1.82, 2.24) is 5.32 Å². The Labute approximate surface area is 279 Å². The average molecular weight is 710 g/mol. The summed E-state index contributed by atoms with van der Waals surface area (Å²) in [5, 5.41) is 27.8. The number of anilines is 1. The molecule has 2 aliphatic rings. The number of fused-ring (bicyclic) bond motifs is 1. The summed E-state index contributed by atoms with van der Waals surface area (Å²) in [7, 11) is 0. The number of nitriles is 1. The second-order valence-corrected chi connectivity index (χ2v) is 14.0. The number of halogens is 4. The third-order valence-corrected chi connectivity index (χ3v) is 11.2. The van der Waals surface area contributed by atoms with Crippen LogP contribution in [-0.4, -0.2) is 47.0 Å². The summed E-state index contributed by atoms with van der Waals surface area (Å²) in [5.41, 5.74) is -3.01. The van der Waals surface area contributed by atoms with Crippen LogP contribution in [0.2, 0.25) is 5.02 Å². The van der Waals surface area contributed by atoms with Gasteiger partial charge in [-0.1, -0.05) is 47.6 Å². The zero-order valence-electron chi connectivity index (χ0n) is 24.2. The number of hydrogen-bond donors (Lipinski definition) is 3. The quantitative estimate of drug-likeness (QED) is 0.159. The van der Waals surface area contributed by atoms with Crippen molar-refractivity contribution in [1.29, 1.82) is 5.26 Å². The van der Waals surface area contributed by atoms with Crippen LogP contribution in [0.25, 0.3) is 0 Å². The predicted octanol–water partition coefficient (Wildman–Crippen LogP) is 7.06. The first-order chi connectivity index (χ1) is 21.9. The van der Waals surface area contributed by atoms with E-state index in [1.165, 1.54) is 47.0 Å². The van der Waals surface area contributed by atoms with Gasteiger partial charge in [-0.25, -0.2) is 4.79 Å². The van der Waals surface area contributed by atoms with E-state index >= 15 is 0 Å². The fourth-order valence-electron chi connectivity index (χ4n) is 5.70. The number of aryl methyl sites for hydroxylation is 1. The number of allylic oxidation sites excluding steroid dienone is 1. The van der Waals surface area contributed by atoms with Crippen LogP contribution in [0.15, 0.2) is 52.4 Å². The van der Waals surface area contributed by atoms with Crippen LogP contribution >= 0.6 is 46.0 Å². The highest BCUT2D eigenvalue weighted by Gasteiger charge is 2.66. The minimum absolute atomic E-state index is 0.00842. The Hall–Kier alpha value is -3.35. The molecule has 3 aromatic rings. The number of Topliss-reactive ketones (excluding diaryl/α,β-unsaturated/α-hetero) is 1. The minimum Gasteiger partial charge on any atom is -0.462 e. The first-order valence-corrected chi connectivity index (χ1v) is 17.2. The van der Waals surface area contributed by atoms with E-state index in [-0.39, 0.29) is 38.2 Å². The van der Waals surface area contributed by atoms with E-state index in [9.17, 15) is 37.9 Å². The molecule has 242 valence electrons. The maximum absolute atomic E-state index is 14.8. The summed E-state index contributed by atoms with van der Waals surface area (Å²) < 4.78 is 49.7. The van der Waals surface area contributed by atoms with Crippen molar-refractivity contribution < 1.29 is 37.4 Å². The molecule has 5 rings (SSSR count). The van der Waals surface area contributed by atoms with Gasteiger partial charge in [0.05, 0.1) is 45.4 Å². The molecule has 3 N–H and O–H groups in total. The van der Waals surface area contributed by atoms with Crippen LogP contribution in [0, 0.1) is 17.2 Å². The number of thioether (sulfide) groups is 1. The van der Waals surface area contributed by atoms with Gasteiger partial charge < -0.3 is 20.5 Å². The number of carbonyl (C=O) groups is 3. The van der Waals surface area contributed by atoms with Crippen molar-refractivity contribution in [3.05, 3.63) is 83.8 Å². The van der Waals surface area contributed by atoms with E-state index in [4.69, 9.17) is 16.3 Å². The standard InChI is InChI=1S/C31H27ClF3N3O5S3/c1-2-43-29(41)24-17-9-4-6-11-20(17)46-28(24)37-22(39)15-45-27-18(14-36)23(16-8-3-5-10-19(16)32)25(26(40)21-12-7-13-44-21)30(42,38-27)31(33,34)35/h3,5,7-8,10,12-13,23,25,38,42H,2,4,6,9,11,15H2,1H3,(H,37,39)/t23-,25-,30+/m0/s1. The molecule has 8 nitrogen and oxygen atoms in total. The Morgan fingerprint density at radius 3 is 2.61 bits per heavy atom. The van der Waals surface area contributed by atoms with Gasteiger partial charge in [0.25, 0.3) is 0 Å². The molecule has 1 amide bonds. The molecule has 46 heavy (non-hydrogen) atoms. The smallest absolute Gasteiger partial charge is 0.437 e. The highest BCUT2D eigenvalue weighted by atomic mass is 35.5. The number of aliphatic hydroxyl groups is 1. The molecule has 2 aromatic heterocycles. The number of esters is 1. The minimum atomic E-state index is -5.40. The van der Waals surface area contributed by atoms with Crippen LogP contribution in [0.5, 0.6) is 0 Å². The van der Waals surface area contributed by atoms with Gasteiger partial charge in [0.1, 0.15) is 5.00 Å². The molecular formula is C31H27ClF3N3O5S3. The maximum Gasteiger partial charge on any atom is 0.437 e. The third-order valence-electron chi connectivity index (χ3n) is 7.73. The van der Waals surface area contributed by atoms with E-state index in [1.807, 2.05) is 11.4 Å².